The highest BCUT2D eigenvalue weighted by molar-refractivity contribution is 6.01. The van der Waals surface area contributed by atoms with Crippen LogP contribution >= 0.6 is 0 Å². The van der Waals surface area contributed by atoms with Crippen LogP contribution in [0.4, 0.5) is 0 Å². The number of aromatic nitrogens is 3. The second kappa shape index (κ2) is 7.31. The number of ketones is 1. The molecule has 0 aliphatic carbocycles. The average molecular weight is 349 g/mol. The molecule has 6 nitrogen and oxygen atoms in total. The monoisotopic (exact) mass is 349 g/mol. The van der Waals surface area contributed by atoms with E-state index in [-0.39, 0.29) is 11.5 Å². The van der Waals surface area contributed by atoms with Gasteiger partial charge in [-0.05, 0) is 50.1 Å². The number of benzene rings is 2. The van der Waals surface area contributed by atoms with Gasteiger partial charge in [0.15, 0.2) is 11.8 Å². The lowest BCUT2D eigenvalue weighted by Crippen LogP contribution is -2.24. The van der Waals surface area contributed by atoms with E-state index in [0.29, 0.717) is 5.56 Å². The Labute approximate surface area is 151 Å². The predicted molar refractivity (Wildman–Crippen MR) is 96.5 cm³/mol. The number of esters is 1. The number of carbonyl (C=O) groups is 2. The molecule has 3 aromatic rings. The molecule has 26 heavy (non-hydrogen) atoms. The van der Waals surface area contributed by atoms with Gasteiger partial charge in [0, 0.05) is 5.56 Å². The lowest BCUT2D eigenvalue weighted by Gasteiger charge is -2.12. The number of aryl methyl sites for hydroxylation is 2. The van der Waals surface area contributed by atoms with Gasteiger partial charge in [-0.1, -0.05) is 30.3 Å². The molecular formula is C20H19N3O3. The summed E-state index contributed by atoms with van der Waals surface area (Å²) in [6, 6.07) is 14.6. The molecule has 1 atom stereocenters. The Morgan fingerprint density at radius 2 is 1.77 bits per heavy atom. The van der Waals surface area contributed by atoms with E-state index in [1.807, 2.05) is 50.2 Å². The van der Waals surface area contributed by atoms with E-state index < -0.39 is 12.1 Å². The van der Waals surface area contributed by atoms with E-state index >= 15 is 0 Å². The summed E-state index contributed by atoms with van der Waals surface area (Å²) in [4.78, 5) is 26.1. The number of Topliss-reactive ketones (excluding diaryl/α,β-unsaturated/α-hetero) is 1. The highest BCUT2D eigenvalue weighted by Crippen LogP contribution is 2.14. The number of rotatable bonds is 5. The van der Waals surface area contributed by atoms with E-state index in [4.69, 9.17) is 4.74 Å². The molecule has 2 aromatic carbocycles. The van der Waals surface area contributed by atoms with Gasteiger partial charge in [0.2, 0.25) is 5.78 Å². The third-order valence-electron chi connectivity index (χ3n) is 4.13. The molecule has 3 rings (SSSR count). The second-order valence-corrected chi connectivity index (χ2v) is 6.07. The molecule has 0 fully saturated rings. The lowest BCUT2D eigenvalue weighted by molar-refractivity contribution is 0.0312. The number of hydrogen-bond acceptors (Lipinski definition) is 5. The molecule has 0 N–H and O–H groups in total. The van der Waals surface area contributed by atoms with Gasteiger partial charge in [-0.3, -0.25) is 4.79 Å². The molecule has 132 valence electrons. The van der Waals surface area contributed by atoms with Crippen molar-refractivity contribution >= 4 is 11.8 Å². The second-order valence-electron chi connectivity index (χ2n) is 6.07. The van der Waals surface area contributed by atoms with Gasteiger partial charge >= 0.3 is 5.97 Å². The van der Waals surface area contributed by atoms with Gasteiger partial charge in [-0.15, -0.1) is 5.10 Å². The third kappa shape index (κ3) is 3.69. The Morgan fingerprint density at radius 3 is 2.46 bits per heavy atom. The van der Waals surface area contributed by atoms with Gasteiger partial charge < -0.3 is 4.74 Å². The van der Waals surface area contributed by atoms with E-state index in [1.54, 1.807) is 19.1 Å². The van der Waals surface area contributed by atoms with Crippen molar-refractivity contribution < 1.29 is 14.3 Å². The lowest BCUT2D eigenvalue weighted by atomic mass is 10.0. The molecule has 1 heterocycles. The van der Waals surface area contributed by atoms with E-state index in [2.05, 4.69) is 10.2 Å². The highest BCUT2D eigenvalue weighted by Gasteiger charge is 2.22. The summed E-state index contributed by atoms with van der Waals surface area (Å²) in [5, 5.41) is 8.17. The molecule has 0 bridgehead atoms. The maximum absolute atomic E-state index is 12.5. The zero-order chi connectivity index (χ0) is 18.7. The molecular weight excluding hydrogens is 330 g/mol. The van der Waals surface area contributed by atoms with Crippen molar-refractivity contribution in [1.29, 1.82) is 0 Å². The number of ether oxygens (including phenoxy) is 1. The third-order valence-corrected chi connectivity index (χ3v) is 4.13. The Morgan fingerprint density at radius 1 is 1.04 bits per heavy atom. The summed E-state index contributed by atoms with van der Waals surface area (Å²) >= 11 is 0. The van der Waals surface area contributed by atoms with Gasteiger partial charge in [0.25, 0.3) is 0 Å². The number of nitrogens with zero attached hydrogens (tertiary/aromatic N) is 3. The molecule has 0 aliphatic rings. The SMILES string of the molecule is Cc1ccc(C(=O)C(C)OC(=O)c2cnn(-c3ccccc3)n2)cc1C. The molecule has 0 saturated heterocycles. The minimum atomic E-state index is -0.911. The van der Waals surface area contributed by atoms with Crippen molar-refractivity contribution in [2.75, 3.05) is 0 Å². The Bertz CT molecular complexity index is 948. The van der Waals surface area contributed by atoms with Gasteiger partial charge in [-0.2, -0.15) is 9.90 Å². The minimum absolute atomic E-state index is 0.0496. The molecule has 0 spiro atoms. The number of carbonyl (C=O) groups excluding carboxylic acids is 2. The van der Waals surface area contributed by atoms with Crippen molar-refractivity contribution in [1.82, 2.24) is 15.0 Å². The van der Waals surface area contributed by atoms with Crippen molar-refractivity contribution in [2.45, 2.75) is 26.9 Å². The Kier molecular flexibility index (Phi) is 4.93. The normalized spacial score (nSPS) is 11.8. The summed E-state index contributed by atoms with van der Waals surface area (Å²) in [5.74, 6) is -0.936. The van der Waals surface area contributed by atoms with Crippen LogP contribution in [0.1, 0.15) is 38.9 Å². The first kappa shape index (κ1) is 17.5. The van der Waals surface area contributed by atoms with Gasteiger partial charge in [-0.25, -0.2) is 4.79 Å². The maximum atomic E-state index is 12.5. The van der Waals surface area contributed by atoms with Crippen molar-refractivity contribution in [3.8, 4) is 5.69 Å². The van der Waals surface area contributed by atoms with Crippen LogP contribution in [0.25, 0.3) is 5.69 Å². The van der Waals surface area contributed by atoms with Gasteiger partial charge in [0.1, 0.15) is 0 Å². The fourth-order valence-corrected chi connectivity index (χ4v) is 2.45. The molecule has 1 unspecified atom stereocenters. The largest absolute Gasteiger partial charge is 0.449 e. The summed E-state index contributed by atoms with van der Waals surface area (Å²) in [6.07, 6.45) is 0.411. The average Bonchev–Trinajstić information content (AvgIpc) is 3.14. The van der Waals surface area contributed by atoms with E-state index in [9.17, 15) is 9.59 Å². The molecule has 1 aromatic heterocycles. The summed E-state index contributed by atoms with van der Waals surface area (Å²) in [6.45, 7) is 5.46. The van der Waals surface area contributed by atoms with Crippen LogP contribution in [0.2, 0.25) is 0 Å². The first-order valence-corrected chi connectivity index (χ1v) is 8.26. The molecule has 0 amide bonds. The van der Waals surface area contributed by atoms with Crippen molar-refractivity contribution in [3.05, 3.63) is 77.1 Å². The van der Waals surface area contributed by atoms with Gasteiger partial charge in [0.05, 0.1) is 11.9 Å². The fraction of sp³-hybridized carbons (Fsp3) is 0.200. The minimum Gasteiger partial charge on any atom is -0.449 e. The summed E-state index contributed by atoms with van der Waals surface area (Å²) in [7, 11) is 0. The van der Waals surface area contributed by atoms with Crippen LogP contribution in [0, 0.1) is 13.8 Å². The number of para-hydroxylation sites is 1. The van der Waals surface area contributed by atoms with Crippen LogP contribution in [0.3, 0.4) is 0 Å². The Balaban J connectivity index is 1.70. The van der Waals surface area contributed by atoms with Crippen LogP contribution in [0.15, 0.2) is 54.7 Å². The molecule has 0 aliphatic heterocycles. The standard InChI is InChI=1S/C20H19N3O3/c1-13-9-10-16(11-14(13)2)19(24)15(3)26-20(25)18-12-21-23(22-18)17-7-5-4-6-8-17/h4-12,15H,1-3H3. The highest BCUT2D eigenvalue weighted by atomic mass is 16.5. The fourth-order valence-electron chi connectivity index (χ4n) is 2.45. The summed E-state index contributed by atoms with van der Waals surface area (Å²) < 4.78 is 5.27. The van der Waals surface area contributed by atoms with Crippen molar-refractivity contribution in [3.63, 3.8) is 0 Å². The Hall–Kier alpha value is -3.28. The van der Waals surface area contributed by atoms with Crippen LogP contribution in [0.5, 0.6) is 0 Å². The first-order valence-electron chi connectivity index (χ1n) is 8.26. The van der Waals surface area contributed by atoms with E-state index in [1.165, 1.54) is 11.0 Å². The first-order chi connectivity index (χ1) is 12.5. The van der Waals surface area contributed by atoms with Crippen molar-refractivity contribution in [2.24, 2.45) is 0 Å². The topological polar surface area (TPSA) is 74.1 Å². The molecule has 0 saturated carbocycles. The van der Waals surface area contributed by atoms with Crippen LogP contribution < -0.4 is 0 Å². The summed E-state index contributed by atoms with van der Waals surface area (Å²) in [5.41, 5.74) is 3.41. The quantitative estimate of drug-likeness (QED) is 0.522. The van der Waals surface area contributed by atoms with Crippen LogP contribution in [-0.4, -0.2) is 32.9 Å². The predicted octanol–water partition coefficient (Wildman–Crippen LogP) is 3.31. The zero-order valence-corrected chi connectivity index (χ0v) is 14.8. The zero-order valence-electron chi connectivity index (χ0n) is 14.8. The van der Waals surface area contributed by atoms with E-state index in [0.717, 1.165) is 16.8 Å². The molecule has 6 heteroatoms. The molecule has 0 radical (unpaired) electrons. The van der Waals surface area contributed by atoms with Crippen LogP contribution in [-0.2, 0) is 4.74 Å². The maximum Gasteiger partial charge on any atom is 0.361 e. The smallest absolute Gasteiger partial charge is 0.361 e. The number of hydrogen-bond donors (Lipinski definition) is 0.